The average Bonchev–Trinajstić information content (AvgIpc) is 2.76. The van der Waals surface area contributed by atoms with Gasteiger partial charge < -0.3 is 55.5 Å². The zero-order chi connectivity index (χ0) is 25.6. The first kappa shape index (κ1) is 29.2. The van der Waals surface area contributed by atoms with Crippen LogP contribution in [0.3, 0.4) is 0 Å². The smallest absolute Gasteiger partial charge is 0.394 e. The van der Waals surface area contributed by atoms with Gasteiger partial charge in [0, 0.05) is 6.92 Å². The van der Waals surface area contributed by atoms with Gasteiger partial charge in [-0.25, -0.2) is 4.18 Å². The molecule has 0 aliphatic carbocycles. The molecule has 16 nitrogen and oxygen atoms in total. The van der Waals surface area contributed by atoms with Gasteiger partial charge in [-0.15, -0.1) is 0 Å². The maximum absolute atomic E-state index is 11.8. The summed E-state index contributed by atoms with van der Waals surface area (Å²) in [6.45, 7) is -0.211. The van der Waals surface area contributed by atoms with E-state index in [-0.39, 0.29) is 13.2 Å². The summed E-state index contributed by atoms with van der Waals surface area (Å²) in [6.07, 6.45) is -14.4. The first-order chi connectivity index (χ1) is 15.9. The van der Waals surface area contributed by atoms with Gasteiger partial charge in [0.05, 0.1) is 19.8 Å². The molecule has 1 amide bonds. The maximum Gasteiger partial charge on any atom is 0.397 e. The number of nitrogens with one attached hydrogen (secondary N) is 1. The van der Waals surface area contributed by atoms with Crippen LogP contribution in [0.5, 0.6) is 0 Å². The molecule has 0 unspecified atom stereocenters. The van der Waals surface area contributed by atoms with E-state index in [9.17, 15) is 43.3 Å². The van der Waals surface area contributed by atoms with E-state index in [1.54, 1.807) is 0 Å². The number of hydrogen-bond donors (Lipinski definition) is 8. The molecule has 10 atom stereocenters. The van der Waals surface area contributed by atoms with Gasteiger partial charge >= 0.3 is 10.4 Å². The summed E-state index contributed by atoms with van der Waals surface area (Å²) < 4.78 is 59.3. The number of aliphatic hydroxyl groups excluding tert-OH is 5. The van der Waals surface area contributed by atoms with Crippen LogP contribution in [-0.4, -0.2) is 132 Å². The molecule has 0 spiro atoms. The molecular weight excluding hydrogens is 488 g/mol. The van der Waals surface area contributed by atoms with E-state index in [1.165, 1.54) is 0 Å². The Morgan fingerprint density at radius 2 is 1.62 bits per heavy atom. The van der Waals surface area contributed by atoms with Crippen molar-refractivity contribution >= 4 is 16.3 Å². The highest BCUT2D eigenvalue weighted by atomic mass is 32.3. The molecule has 0 radical (unpaired) electrons. The Hall–Kier alpha value is -1.06. The molecule has 0 aromatic heterocycles. The molecule has 0 aromatic carbocycles. The second-order valence-corrected chi connectivity index (χ2v) is 8.80. The second kappa shape index (κ2) is 12.8. The third-order valence-corrected chi connectivity index (χ3v) is 5.66. The van der Waals surface area contributed by atoms with Gasteiger partial charge in [-0.2, -0.15) is 8.42 Å². The highest BCUT2D eigenvalue weighted by molar-refractivity contribution is 7.80. The Morgan fingerprint density at radius 3 is 2.15 bits per heavy atom. The maximum atomic E-state index is 11.8. The van der Waals surface area contributed by atoms with Crippen molar-refractivity contribution < 1.29 is 66.4 Å². The fraction of sp³-hybridized carbons (Fsp3) is 0.941. The topological polar surface area (TPSA) is 257 Å². The van der Waals surface area contributed by atoms with Gasteiger partial charge in [-0.3, -0.25) is 9.35 Å². The molecule has 0 aromatic rings. The molecule has 2 rings (SSSR count). The van der Waals surface area contributed by atoms with Crippen LogP contribution in [0, 0.1) is 0 Å². The highest BCUT2D eigenvalue weighted by Gasteiger charge is 2.53. The lowest BCUT2D eigenvalue weighted by atomic mass is 9.95. The predicted molar refractivity (Wildman–Crippen MR) is 108 cm³/mol. The summed E-state index contributed by atoms with van der Waals surface area (Å²) in [6, 6.07) is -1.42. The fourth-order valence-electron chi connectivity index (χ4n) is 3.62. The summed E-state index contributed by atoms with van der Waals surface area (Å²) in [5.41, 5.74) is 5.43. The molecule has 2 heterocycles. The molecule has 9 N–H and O–H groups in total. The largest absolute Gasteiger partial charge is 0.397 e. The molecule has 0 bridgehead atoms. The Labute approximate surface area is 195 Å². The van der Waals surface area contributed by atoms with Gasteiger partial charge in [0.2, 0.25) is 5.91 Å². The van der Waals surface area contributed by atoms with E-state index in [1.807, 2.05) is 0 Å². The van der Waals surface area contributed by atoms with Crippen molar-refractivity contribution in [2.75, 3.05) is 26.4 Å². The van der Waals surface area contributed by atoms with Gasteiger partial charge in [0.15, 0.2) is 12.6 Å². The average molecular weight is 521 g/mol. The van der Waals surface area contributed by atoms with Crippen LogP contribution in [0.4, 0.5) is 0 Å². The second-order valence-electron chi connectivity index (χ2n) is 7.75. The summed E-state index contributed by atoms with van der Waals surface area (Å²) >= 11 is 0. The molecular formula is C17H32N2O14S. The Kier molecular flexibility index (Phi) is 11.0. The lowest BCUT2D eigenvalue weighted by Gasteiger charge is -2.47. The summed E-state index contributed by atoms with van der Waals surface area (Å²) in [4.78, 5) is 11.8. The van der Waals surface area contributed by atoms with Gasteiger partial charge in [0.1, 0.15) is 48.8 Å². The minimum Gasteiger partial charge on any atom is -0.394 e. The third-order valence-electron chi connectivity index (χ3n) is 5.20. The predicted octanol–water partition coefficient (Wildman–Crippen LogP) is -5.05. The first-order valence-corrected chi connectivity index (χ1v) is 11.8. The lowest BCUT2D eigenvalue weighted by Crippen LogP contribution is -2.68. The minimum atomic E-state index is -5.17. The minimum absolute atomic E-state index is 0.0201. The van der Waals surface area contributed by atoms with Crippen LogP contribution in [0.1, 0.15) is 13.3 Å². The number of amides is 1. The molecule has 0 saturated carbocycles. The SMILES string of the molecule is CC(=O)N[C@H]1[C@H](OCCCN)O[C@H](CO)[C@@H](O[C@H]2O[C@H](CO)[C@H](O)[C@H](O)[C@H]2O)[C@@H]1OS(=O)(=O)O. The fourth-order valence-corrected chi connectivity index (χ4v) is 4.13. The van der Waals surface area contributed by atoms with Gasteiger partial charge in [-0.05, 0) is 13.0 Å². The highest BCUT2D eigenvalue weighted by Crippen LogP contribution is 2.31. The van der Waals surface area contributed by atoms with E-state index in [2.05, 4.69) is 5.32 Å². The number of hydrogen-bond acceptors (Lipinski definition) is 14. The number of aliphatic hydroxyl groups is 5. The lowest BCUT2D eigenvalue weighted by molar-refractivity contribution is -0.346. The van der Waals surface area contributed by atoms with E-state index in [0.717, 1.165) is 6.92 Å². The summed E-state index contributed by atoms with van der Waals surface area (Å²) in [7, 11) is -5.17. The zero-order valence-electron chi connectivity index (χ0n) is 18.2. The quantitative estimate of drug-likeness (QED) is 0.0936. The number of nitrogens with two attached hydrogens (primary N) is 1. The number of ether oxygens (including phenoxy) is 4. The van der Waals surface area contributed by atoms with E-state index < -0.39 is 90.9 Å². The number of rotatable bonds is 11. The Bertz CT molecular complexity index is 755. The third kappa shape index (κ3) is 7.47. The van der Waals surface area contributed by atoms with Crippen LogP contribution in [0.25, 0.3) is 0 Å². The van der Waals surface area contributed by atoms with Crippen LogP contribution in [0.2, 0.25) is 0 Å². The van der Waals surface area contributed by atoms with Crippen LogP contribution >= 0.6 is 0 Å². The van der Waals surface area contributed by atoms with Crippen molar-refractivity contribution in [1.29, 1.82) is 0 Å². The van der Waals surface area contributed by atoms with Crippen molar-refractivity contribution in [3.05, 3.63) is 0 Å². The van der Waals surface area contributed by atoms with Crippen LogP contribution < -0.4 is 11.1 Å². The number of carbonyl (C=O) groups is 1. The normalized spacial score (nSPS) is 39.1. The van der Waals surface area contributed by atoms with Crippen molar-refractivity contribution in [2.45, 2.75) is 74.7 Å². The molecule has 34 heavy (non-hydrogen) atoms. The molecule has 200 valence electrons. The van der Waals surface area contributed by atoms with Crippen molar-refractivity contribution in [3.8, 4) is 0 Å². The summed E-state index contributed by atoms with van der Waals surface area (Å²) in [5.74, 6) is -0.668. The monoisotopic (exact) mass is 520 g/mol. The van der Waals surface area contributed by atoms with E-state index in [0.29, 0.717) is 6.42 Å². The van der Waals surface area contributed by atoms with Crippen molar-refractivity contribution in [1.82, 2.24) is 5.32 Å². The Balaban J connectivity index is 2.40. The van der Waals surface area contributed by atoms with Gasteiger partial charge in [0.25, 0.3) is 0 Å². The molecule has 2 fully saturated rings. The van der Waals surface area contributed by atoms with E-state index >= 15 is 0 Å². The van der Waals surface area contributed by atoms with E-state index in [4.69, 9.17) is 28.9 Å². The molecule has 2 aliphatic rings. The summed E-state index contributed by atoms with van der Waals surface area (Å²) in [5, 5.41) is 51.8. The van der Waals surface area contributed by atoms with Crippen LogP contribution in [0.15, 0.2) is 0 Å². The Morgan fingerprint density at radius 1 is 1.00 bits per heavy atom. The van der Waals surface area contributed by atoms with Crippen molar-refractivity contribution in [2.24, 2.45) is 5.73 Å². The molecule has 17 heteroatoms. The number of carbonyl (C=O) groups excluding carboxylic acids is 1. The van der Waals surface area contributed by atoms with Crippen molar-refractivity contribution in [3.63, 3.8) is 0 Å². The van der Waals surface area contributed by atoms with Gasteiger partial charge in [-0.1, -0.05) is 0 Å². The zero-order valence-corrected chi connectivity index (χ0v) is 19.1. The molecule has 2 aliphatic heterocycles. The standard InChI is InChI=1S/C17H32N2O14S/c1-7(22)19-10-15(33-34(26,27)28)14(9(6-21)31-16(10)29-4-2-3-18)32-17-13(25)12(24)11(23)8(5-20)30-17/h8-17,20-21,23-25H,2-6,18H2,1H3,(H,19,22)(H,26,27,28)/t8-,9-,10-,11+,12+,13-,14-,15-,16-,17-/m1/s1. The van der Waals surface area contributed by atoms with Crippen LogP contribution in [-0.2, 0) is 38.3 Å². The first-order valence-electron chi connectivity index (χ1n) is 10.4. The molecule has 2 saturated heterocycles.